The third-order valence-electron chi connectivity index (χ3n) is 2.00. The van der Waals surface area contributed by atoms with Crippen LogP contribution in [0.3, 0.4) is 0 Å². The van der Waals surface area contributed by atoms with Crippen molar-refractivity contribution in [1.29, 1.82) is 0 Å². The van der Waals surface area contributed by atoms with E-state index in [1.165, 1.54) is 25.1 Å². The van der Waals surface area contributed by atoms with Gasteiger partial charge in [-0.15, -0.1) is 11.6 Å². The van der Waals surface area contributed by atoms with Crippen molar-refractivity contribution in [1.82, 2.24) is 0 Å². The van der Waals surface area contributed by atoms with Crippen molar-refractivity contribution in [2.45, 2.75) is 12.3 Å². The number of benzene rings is 1. The molecule has 0 radical (unpaired) electrons. The van der Waals surface area contributed by atoms with E-state index in [2.05, 4.69) is 0 Å². The lowest BCUT2D eigenvalue weighted by molar-refractivity contribution is -0.116. The highest BCUT2D eigenvalue weighted by Gasteiger charge is 2.17. The molecule has 0 N–H and O–H groups in total. The Bertz CT molecular complexity index is 412. The van der Waals surface area contributed by atoms with Crippen molar-refractivity contribution in [2.75, 3.05) is 0 Å². The van der Waals surface area contributed by atoms with Crippen LogP contribution >= 0.6 is 11.6 Å². The van der Waals surface area contributed by atoms with Crippen LogP contribution in [0, 0.1) is 0 Å². The highest BCUT2D eigenvalue weighted by molar-refractivity contribution is 6.31. The smallest absolute Gasteiger partial charge is 0.152 e. The Morgan fingerprint density at radius 1 is 1.33 bits per heavy atom. The van der Waals surface area contributed by atoms with Gasteiger partial charge in [-0.3, -0.25) is 14.4 Å². The summed E-state index contributed by atoms with van der Waals surface area (Å²) in [6.45, 7) is 1.33. The number of Topliss-reactive ketones (excluding diaryl/α,β-unsaturated/α-hetero) is 1. The van der Waals surface area contributed by atoms with Crippen LogP contribution < -0.4 is 0 Å². The number of hydrogen-bond donors (Lipinski definition) is 0. The normalized spacial score (nSPS) is 11.9. The van der Waals surface area contributed by atoms with Crippen molar-refractivity contribution >= 4 is 30.0 Å². The van der Waals surface area contributed by atoms with Gasteiger partial charge < -0.3 is 0 Å². The maximum absolute atomic E-state index is 11.1. The highest BCUT2D eigenvalue weighted by Crippen LogP contribution is 2.25. The van der Waals surface area contributed by atoms with Gasteiger partial charge in [0, 0.05) is 11.1 Å². The first-order chi connectivity index (χ1) is 7.10. The van der Waals surface area contributed by atoms with Crippen LogP contribution in [0.2, 0.25) is 0 Å². The van der Waals surface area contributed by atoms with Gasteiger partial charge in [0.15, 0.2) is 5.78 Å². The molecule has 1 atom stereocenters. The van der Waals surface area contributed by atoms with Crippen molar-refractivity contribution in [3.63, 3.8) is 0 Å². The standard InChI is InChI=1S/C11H9ClO3/c1-7(15)11(12)10-4-8(5-13)2-3-9(10)6-14/h2-6,11H,1H3. The Kier molecular flexibility index (Phi) is 3.74. The summed E-state index contributed by atoms with van der Waals surface area (Å²) in [5, 5.41) is -0.884. The number of aldehydes is 2. The highest BCUT2D eigenvalue weighted by atomic mass is 35.5. The fourth-order valence-electron chi connectivity index (χ4n) is 1.21. The summed E-state index contributed by atoms with van der Waals surface area (Å²) in [4.78, 5) is 32.3. The molecule has 3 nitrogen and oxygen atoms in total. The topological polar surface area (TPSA) is 51.2 Å². The lowest BCUT2D eigenvalue weighted by Crippen LogP contribution is -2.05. The van der Waals surface area contributed by atoms with Crippen molar-refractivity contribution in [3.8, 4) is 0 Å². The van der Waals surface area contributed by atoms with Gasteiger partial charge in [0.1, 0.15) is 17.9 Å². The van der Waals surface area contributed by atoms with E-state index in [-0.39, 0.29) is 5.78 Å². The molecule has 1 aromatic rings. The monoisotopic (exact) mass is 224 g/mol. The molecule has 1 unspecified atom stereocenters. The molecule has 0 aliphatic carbocycles. The Labute approximate surface area is 92.0 Å². The summed E-state index contributed by atoms with van der Waals surface area (Å²) in [5.41, 5.74) is 1.10. The van der Waals surface area contributed by atoms with Gasteiger partial charge in [-0.05, 0) is 18.6 Å². The molecule has 78 valence electrons. The molecule has 0 bridgehead atoms. The average Bonchev–Trinajstić information content (AvgIpc) is 2.27. The van der Waals surface area contributed by atoms with E-state index < -0.39 is 5.38 Å². The molecule has 0 aliphatic heterocycles. The molecule has 1 rings (SSSR count). The molecule has 0 fully saturated rings. The van der Waals surface area contributed by atoms with E-state index in [9.17, 15) is 14.4 Å². The Morgan fingerprint density at radius 2 is 2.00 bits per heavy atom. The third-order valence-corrected chi connectivity index (χ3v) is 2.55. The van der Waals surface area contributed by atoms with E-state index in [1.807, 2.05) is 0 Å². The zero-order valence-corrected chi connectivity index (χ0v) is 8.82. The lowest BCUT2D eigenvalue weighted by Gasteiger charge is -2.09. The number of carbonyl (C=O) groups excluding carboxylic acids is 3. The molecule has 0 amide bonds. The number of ketones is 1. The predicted molar refractivity (Wildman–Crippen MR) is 56.5 cm³/mol. The quantitative estimate of drug-likeness (QED) is 0.582. The second kappa shape index (κ2) is 4.84. The van der Waals surface area contributed by atoms with Crippen LogP contribution in [-0.2, 0) is 4.79 Å². The fourth-order valence-corrected chi connectivity index (χ4v) is 1.40. The number of alkyl halides is 1. The largest absolute Gasteiger partial charge is 0.298 e. The molecule has 0 saturated heterocycles. The second-order valence-corrected chi connectivity index (χ2v) is 3.53. The molecule has 0 aromatic heterocycles. The first-order valence-electron chi connectivity index (χ1n) is 4.29. The molecule has 0 spiro atoms. The van der Waals surface area contributed by atoms with Gasteiger partial charge in [0.2, 0.25) is 0 Å². The van der Waals surface area contributed by atoms with E-state index in [1.54, 1.807) is 0 Å². The van der Waals surface area contributed by atoms with Crippen LogP contribution in [0.15, 0.2) is 18.2 Å². The Morgan fingerprint density at radius 3 is 2.47 bits per heavy atom. The summed E-state index contributed by atoms with van der Waals surface area (Å²) in [6, 6.07) is 4.43. The molecule has 0 heterocycles. The minimum atomic E-state index is -0.884. The van der Waals surface area contributed by atoms with Crippen LogP contribution in [-0.4, -0.2) is 18.4 Å². The molecular formula is C11H9ClO3. The summed E-state index contributed by atoms with van der Waals surface area (Å²) >= 11 is 5.83. The predicted octanol–water partition coefficient (Wildman–Crippen LogP) is 2.18. The fraction of sp³-hybridized carbons (Fsp3) is 0.182. The summed E-state index contributed by atoms with van der Waals surface area (Å²) in [6.07, 6.45) is 1.25. The molecule has 0 saturated carbocycles. The summed E-state index contributed by atoms with van der Waals surface area (Å²) in [5.74, 6) is -0.261. The molecule has 1 aromatic carbocycles. The zero-order valence-electron chi connectivity index (χ0n) is 8.07. The SMILES string of the molecule is CC(=O)C(Cl)c1cc(C=O)ccc1C=O. The van der Waals surface area contributed by atoms with Gasteiger partial charge in [-0.1, -0.05) is 12.1 Å². The number of rotatable bonds is 4. The van der Waals surface area contributed by atoms with E-state index in [0.29, 0.717) is 29.3 Å². The minimum absolute atomic E-state index is 0.261. The van der Waals surface area contributed by atoms with Crippen molar-refractivity contribution in [2.24, 2.45) is 0 Å². The molecule has 0 aliphatic rings. The first-order valence-corrected chi connectivity index (χ1v) is 4.72. The maximum atomic E-state index is 11.1. The van der Waals surface area contributed by atoms with E-state index in [4.69, 9.17) is 11.6 Å². The maximum Gasteiger partial charge on any atom is 0.152 e. The number of carbonyl (C=O) groups is 3. The molecular weight excluding hydrogens is 216 g/mol. The van der Waals surface area contributed by atoms with Crippen LogP contribution in [0.1, 0.15) is 38.6 Å². The third kappa shape index (κ3) is 2.50. The number of hydrogen-bond acceptors (Lipinski definition) is 3. The van der Waals surface area contributed by atoms with Gasteiger partial charge in [-0.25, -0.2) is 0 Å². The van der Waals surface area contributed by atoms with Gasteiger partial charge in [-0.2, -0.15) is 0 Å². The van der Waals surface area contributed by atoms with Crippen LogP contribution in [0.4, 0.5) is 0 Å². The average molecular weight is 225 g/mol. The van der Waals surface area contributed by atoms with Crippen molar-refractivity contribution < 1.29 is 14.4 Å². The molecule has 15 heavy (non-hydrogen) atoms. The van der Waals surface area contributed by atoms with Gasteiger partial charge in [0.05, 0.1) is 0 Å². The molecule has 4 heteroatoms. The van der Waals surface area contributed by atoms with E-state index >= 15 is 0 Å². The van der Waals surface area contributed by atoms with Crippen LogP contribution in [0.25, 0.3) is 0 Å². The Balaban J connectivity index is 3.28. The van der Waals surface area contributed by atoms with Gasteiger partial charge in [0.25, 0.3) is 0 Å². The lowest BCUT2D eigenvalue weighted by atomic mass is 10.0. The summed E-state index contributed by atoms with van der Waals surface area (Å²) in [7, 11) is 0. The zero-order chi connectivity index (χ0) is 11.4. The van der Waals surface area contributed by atoms with Gasteiger partial charge >= 0.3 is 0 Å². The first kappa shape index (κ1) is 11.6. The van der Waals surface area contributed by atoms with Crippen molar-refractivity contribution in [3.05, 3.63) is 34.9 Å². The van der Waals surface area contributed by atoms with Crippen LogP contribution in [0.5, 0.6) is 0 Å². The van der Waals surface area contributed by atoms with E-state index in [0.717, 1.165) is 0 Å². The Hall–Kier alpha value is -1.48. The number of halogens is 1. The summed E-state index contributed by atoms with van der Waals surface area (Å²) < 4.78 is 0. The second-order valence-electron chi connectivity index (χ2n) is 3.10. The minimum Gasteiger partial charge on any atom is -0.298 e.